The summed E-state index contributed by atoms with van der Waals surface area (Å²) in [4.78, 5) is 11.3. The van der Waals surface area contributed by atoms with Crippen molar-refractivity contribution in [2.75, 3.05) is 12.0 Å². The van der Waals surface area contributed by atoms with Crippen molar-refractivity contribution in [2.45, 2.75) is 24.9 Å². The van der Waals surface area contributed by atoms with Crippen molar-refractivity contribution in [1.82, 2.24) is 10.7 Å². The summed E-state index contributed by atoms with van der Waals surface area (Å²) in [6, 6.07) is 1.87. The molecule has 1 aromatic rings. The van der Waals surface area contributed by atoms with Gasteiger partial charge in [0.1, 0.15) is 5.69 Å². The van der Waals surface area contributed by atoms with E-state index in [1.807, 2.05) is 0 Å². The predicted octanol–water partition coefficient (Wildman–Crippen LogP) is -0.0231. The lowest BCUT2D eigenvalue weighted by Crippen LogP contribution is -3.00. The lowest BCUT2D eigenvalue weighted by atomic mass is 10.1. The Morgan fingerprint density at radius 1 is 1.10 bits per heavy atom. The minimum absolute atomic E-state index is 0.510. The van der Waals surface area contributed by atoms with Crippen molar-refractivity contribution in [3.63, 3.8) is 0 Å². The number of alkyl carbamates (subject to hydrolysis) is 1. The fourth-order valence-electron chi connectivity index (χ4n) is 1.92. The Morgan fingerprint density at radius 2 is 1.66 bits per heavy atom. The number of rotatable bonds is 7. The molecule has 0 heterocycles. The quantitative estimate of drug-likeness (QED) is 0.177. The van der Waals surface area contributed by atoms with Crippen LogP contribution in [0.2, 0.25) is 0 Å². The minimum atomic E-state index is -6.17. The van der Waals surface area contributed by atoms with Crippen molar-refractivity contribution >= 4 is 23.2 Å². The molecule has 2 unspecified atom stereocenters. The number of carbonyl (C=O) groups is 1. The highest BCUT2D eigenvalue weighted by Gasteiger charge is 2.73. The van der Waals surface area contributed by atoms with Crippen LogP contribution >= 0.6 is 0 Å². The third-order valence-electron chi connectivity index (χ3n) is 3.30. The molecule has 0 fully saturated rings. The maximum absolute atomic E-state index is 13.3. The summed E-state index contributed by atoms with van der Waals surface area (Å²) >= 11 is 0. The predicted molar refractivity (Wildman–Crippen MR) is 79.8 cm³/mol. The van der Waals surface area contributed by atoms with Crippen LogP contribution in [-0.2, 0) is 4.74 Å². The van der Waals surface area contributed by atoms with E-state index in [2.05, 4.69) is 4.74 Å². The first-order valence-electron chi connectivity index (χ1n) is 7.38. The molecule has 0 aliphatic carbocycles. The molecule has 2 atom stereocenters. The van der Waals surface area contributed by atoms with Gasteiger partial charge >= 0.3 is 24.1 Å². The third kappa shape index (κ3) is 5.56. The molecule has 0 saturated heterocycles. The van der Waals surface area contributed by atoms with Crippen LogP contribution in [0.5, 0.6) is 0 Å². The van der Waals surface area contributed by atoms with Crippen molar-refractivity contribution < 1.29 is 56.7 Å². The van der Waals surface area contributed by atoms with Gasteiger partial charge in [-0.15, -0.1) is 0 Å². The first kappa shape index (κ1) is 24.6. The van der Waals surface area contributed by atoms with Gasteiger partial charge in [-0.2, -0.15) is 42.2 Å². The SMILES string of the molecule is CCOC(=O)NC(NNc1ccc([NH+]([O-])O)cc1[NH+]([O-])O)(C(F)(F)F)C(F)(F)F. The molecule has 1 amide bonds. The normalized spacial score (nSPS) is 14.9. The Balaban J connectivity index is 3.36. The van der Waals surface area contributed by atoms with E-state index in [4.69, 9.17) is 10.4 Å². The number of halogens is 6. The minimum Gasteiger partial charge on any atom is -0.595 e. The number of benzene rings is 1. The molecule has 0 aliphatic heterocycles. The monoisotopic (exact) mass is 439 g/mol. The number of ether oxygens (including phenoxy) is 1. The highest BCUT2D eigenvalue weighted by atomic mass is 19.4. The second-order valence-electron chi connectivity index (χ2n) is 5.21. The zero-order chi connectivity index (χ0) is 22.6. The van der Waals surface area contributed by atoms with Crippen LogP contribution in [-0.4, -0.2) is 41.1 Å². The molecule has 17 heteroatoms. The van der Waals surface area contributed by atoms with Crippen LogP contribution < -0.4 is 26.6 Å². The number of hydrazine groups is 1. The molecule has 0 radical (unpaired) electrons. The van der Waals surface area contributed by atoms with E-state index >= 15 is 0 Å². The van der Waals surface area contributed by atoms with Gasteiger partial charge in [0.15, 0.2) is 11.4 Å². The highest BCUT2D eigenvalue weighted by molar-refractivity contribution is 5.69. The Morgan fingerprint density at radius 3 is 2.07 bits per heavy atom. The zero-order valence-corrected chi connectivity index (χ0v) is 14.2. The molecule has 1 rings (SSSR count). The van der Waals surface area contributed by atoms with Crippen molar-refractivity contribution in [2.24, 2.45) is 0 Å². The van der Waals surface area contributed by atoms with E-state index in [9.17, 15) is 41.6 Å². The van der Waals surface area contributed by atoms with Crippen LogP contribution in [0, 0.1) is 10.4 Å². The Hall–Kier alpha value is -2.41. The summed E-state index contributed by atoms with van der Waals surface area (Å²) in [5.74, 6) is 0. The van der Waals surface area contributed by atoms with Crippen LogP contribution in [0.25, 0.3) is 0 Å². The van der Waals surface area contributed by atoms with Gasteiger partial charge in [0.2, 0.25) is 0 Å². The van der Waals surface area contributed by atoms with Gasteiger partial charge in [-0.05, 0) is 13.0 Å². The molecule has 0 spiro atoms. The fourth-order valence-corrected chi connectivity index (χ4v) is 1.92. The molecule has 0 aromatic heterocycles. The first-order chi connectivity index (χ1) is 13.2. The molecular formula is C12H15F6N5O6. The van der Waals surface area contributed by atoms with Gasteiger partial charge in [-0.25, -0.2) is 15.2 Å². The zero-order valence-electron chi connectivity index (χ0n) is 14.2. The maximum Gasteiger partial charge on any atom is 0.436 e. The second-order valence-corrected chi connectivity index (χ2v) is 5.21. The fraction of sp³-hybridized carbons (Fsp3) is 0.417. The molecule has 1 aromatic carbocycles. The number of quaternary nitrogens is 2. The van der Waals surface area contributed by atoms with Crippen molar-refractivity contribution in [3.05, 3.63) is 28.6 Å². The summed E-state index contributed by atoms with van der Waals surface area (Å²) in [6.45, 7) is 0.599. The molecule has 166 valence electrons. The van der Waals surface area contributed by atoms with E-state index in [0.29, 0.717) is 17.4 Å². The Labute approximate surface area is 157 Å². The second kappa shape index (κ2) is 8.95. The van der Waals surface area contributed by atoms with Crippen molar-refractivity contribution in [3.8, 4) is 0 Å². The molecule has 0 saturated carbocycles. The number of anilines is 1. The maximum atomic E-state index is 13.3. The van der Waals surface area contributed by atoms with E-state index in [1.165, 1.54) is 5.43 Å². The summed E-state index contributed by atoms with van der Waals surface area (Å²) in [5, 5.41) is 37.1. The average Bonchev–Trinajstić information content (AvgIpc) is 2.56. The summed E-state index contributed by atoms with van der Waals surface area (Å²) in [6.07, 6.45) is -14.4. The van der Waals surface area contributed by atoms with E-state index in [-0.39, 0.29) is 0 Å². The number of alkyl halides is 6. The van der Waals surface area contributed by atoms with Gasteiger partial charge in [0.05, 0.1) is 12.7 Å². The topological polar surface area (TPSA) is 158 Å². The van der Waals surface area contributed by atoms with Crippen molar-refractivity contribution in [1.29, 1.82) is 0 Å². The van der Waals surface area contributed by atoms with Gasteiger partial charge < -0.3 is 20.6 Å². The number of hydrogen-bond acceptors (Lipinski definition) is 8. The molecule has 7 N–H and O–H groups in total. The third-order valence-corrected chi connectivity index (χ3v) is 3.30. The van der Waals surface area contributed by atoms with E-state index in [1.54, 1.807) is 0 Å². The van der Waals surface area contributed by atoms with Crippen LogP contribution in [0.4, 0.5) is 48.2 Å². The summed E-state index contributed by atoms with van der Waals surface area (Å²) in [5.41, 5.74) is -5.19. The number of nitrogens with one attached hydrogen (secondary N) is 5. The summed E-state index contributed by atoms with van der Waals surface area (Å²) < 4.78 is 84.0. The van der Waals surface area contributed by atoms with Gasteiger partial charge in [0.25, 0.3) is 0 Å². The average molecular weight is 439 g/mol. The number of amides is 1. The largest absolute Gasteiger partial charge is 0.595 e. The standard InChI is InChI=1S/C12H15F6N5O6/c1-2-29-9(24)19-10(11(13,14)15,12(16,17)18)21-20-7-4-3-6(22(25)26)5-8(7)23(27)28/h3-5,20-23,25,27H,2H2,1H3,(H,19,24). The Kier molecular flexibility index (Phi) is 7.60. The first-order valence-corrected chi connectivity index (χ1v) is 7.38. The molecule has 0 bridgehead atoms. The van der Waals surface area contributed by atoms with Crippen LogP contribution in [0.1, 0.15) is 6.92 Å². The lowest BCUT2D eigenvalue weighted by molar-refractivity contribution is -0.996. The summed E-state index contributed by atoms with van der Waals surface area (Å²) in [7, 11) is 0. The smallest absolute Gasteiger partial charge is 0.436 e. The van der Waals surface area contributed by atoms with Crippen LogP contribution in [0.3, 0.4) is 0 Å². The molecule has 0 aliphatic rings. The van der Waals surface area contributed by atoms with E-state index < -0.39 is 58.2 Å². The Bertz CT molecular complexity index is 699. The highest BCUT2D eigenvalue weighted by Crippen LogP contribution is 2.41. The molecule has 29 heavy (non-hydrogen) atoms. The molecular weight excluding hydrogens is 424 g/mol. The van der Waals surface area contributed by atoms with Gasteiger partial charge in [-0.3, -0.25) is 5.32 Å². The van der Waals surface area contributed by atoms with Gasteiger partial charge in [0, 0.05) is 6.07 Å². The number of carbonyl (C=O) groups excluding carboxylic acids is 1. The van der Waals surface area contributed by atoms with E-state index in [0.717, 1.165) is 18.4 Å². The lowest BCUT2D eigenvalue weighted by Gasteiger charge is -2.38. The molecule has 11 nitrogen and oxygen atoms in total. The van der Waals surface area contributed by atoms with Gasteiger partial charge in [-0.1, -0.05) is 0 Å². The van der Waals surface area contributed by atoms with Crippen LogP contribution in [0.15, 0.2) is 18.2 Å². The number of hydrogen-bond donors (Lipinski definition) is 7.